The lowest BCUT2D eigenvalue weighted by Gasteiger charge is -2.36. The number of H-pyrrole nitrogens is 1. The zero-order chi connectivity index (χ0) is 20.1. The Morgan fingerprint density at radius 2 is 1.79 bits per heavy atom. The van der Waals surface area contributed by atoms with Crippen LogP contribution in [0.3, 0.4) is 0 Å². The van der Waals surface area contributed by atoms with Gasteiger partial charge in [-0.1, -0.05) is 18.2 Å². The van der Waals surface area contributed by atoms with Crippen LogP contribution < -0.4 is 14.2 Å². The zero-order valence-corrected chi connectivity index (χ0v) is 16.5. The second kappa shape index (κ2) is 6.62. The van der Waals surface area contributed by atoms with E-state index in [4.69, 9.17) is 18.9 Å². The molecule has 0 saturated carbocycles. The van der Waals surface area contributed by atoms with E-state index in [1.54, 1.807) is 21.3 Å². The SMILES string of the molecule is COc1cc([C@@H]2c3[nH]c4ccccc4c3C[C@H]3COC(=O)N32)cc(OC)c1OC. The Bertz CT molecular complexity index is 1080. The first-order valence-corrected chi connectivity index (χ1v) is 9.50. The van der Waals surface area contributed by atoms with Crippen molar-refractivity contribution in [3.05, 3.63) is 53.2 Å². The molecular weight excluding hydrogens is 372 g/mol. The molecule has 5 rings (SSSR count). The minimum atomic E-state index is -0.333. The van der Waals surface area contributed by atoms with Gasteiger partial charge < -0.3 is 23.9 Å². The van der Waals surface area contributed by atoms with Crippen LogP contribution in [0.25, 0.3) is 10.9 Å². The number of benzene rings is 2. The number of carbonyl (C=O) groups excluding carboxylic acids is 1. The van der Waals surface area contributed by atoms with E-state index in [1.165, 1.54) is 10.9 Å². The molecule has 1 aromatic heterocycles. The van der Waals surface area contributed by atoms with Gasteiger partial charge in [0.1, 0.15) is 12.6 Å². The van der Waals surface area contributed by atoms with Crippen LogP contribution in [0.2, 0.25) is 0 Å². The van der Waals surface area contributed by atoms with Crippen LogP contribution in [0.4, 0.5) is 4.79 Å². The number of nitrogens with zero attached hydrogens (tertiary/aromatic N) is 1. The Hall–Kier alpha value is -3.35. The first kappa shape index (κ1) is 17.7. The van der Waals surface area contributed by atoms with E-state index in [1.807, 2.05) is 29.2 Å². The molecule has 2 aliphatic heterocycles. The summed E-state index contributed by atoms with van der Waals surface area (Å²) in [5.41, 5.74) is 4.15. The van der Waals surface area contributed by atoms with Crippen LogP contribution in [0.5, 0.6) is 17.2 Å². The van der Waals surface area contributed by atoms with E-state index in [2.05, 4.69) is 17.1 Å². The molecule has 7 heteroatoms. The molecule has 7 nitrogen and oxygen atoms in total. The molecule has 0 spiro atoms. The number of carbonyl (C=O) groups is 1. The first-order valence-electron chi connectivity index (χ1n) is 9.50. The Morgan fingerprint density at radius 1 is 1.07 bits per heavy atom. The number of nitrogens with one attached hydrogen (secondary N) is 1. The van der Waals surface area contributed by atoms with E-state index in [0.717, 1.165) is 23.2 Å². The highest BCUT2D eigenvalue weighted by atomic mass is 16.6. The minimum Gasteiger partial charge on any atom is -0.493 e. The molecule has 0 radical (unpaired) electrons. The molecule has 1 saturated heterocycles. The van der Waals surface area contributed by atoms with Gasteiger partial charge in [-0.05, 0) is 35.7 Å². The minimum absolute atomic E-state index is 0.0155. The quantitative estimate of drug-likeness (QED) is 0.731. The largest absolute Gasteiger partial charge is 0.493 e. The van der Waals surface area contributed by atoms with Crippen molar-refractivity contribution >= 4 is 17.0 Å². The molecule has 0 unspecified atom stereocenters. The molecule has 150 valence electrons. The molecule has 1 fully saturated rings. The van der Waals surface area contributed by atoms with Crippen molar-refractivity contribution in [2.75, 3.05) is 27.9 Å². The summed E-state index contributed by atoms with van der Waals surface area (Å²) in [6.07, 6.45) is 0.449. The Labute approximate surface area is 168 Å². The lowest BCUT2D eigenvalue weighted by atomic mass is 9.89. The maximum atomic E-state index is 12.7. The van der Waals surface area contributed by atoms with Gasteiger partial charge in [0.15, 0.2) is 11.5 Å². The van der Waals surface area contributed by atoms with Crippen LogP contribution >= 0.6 is 0 Å². The molecule has 0 bridgehead atoms. The number of hydrogen-bond acceptors (Lipinski definition) is 5. The second-order valence-electron chi connectivity index (χ2n) is 7.27. The Kier molecular flexibility index (Phi) is 4.04. The van der Waals surface area contributed by atoms with Crippen molar-refractivity contribution in [1.82, 2.24) is 9.88 Å². The number of rotatable bonds is 4. The number of aromatic nitrogens is 1. The number of ether oxygens (including phenoxy) is 4. The van der Waals surface area contributed by atoms with Crippen molar-refractivity contribution < 1.29 is 23.7 Å². The number of para-hydroxylation sites is 1. The van der Waals surface area contributed by atoms with Gasteiger partial charge >= 0.3 is 6.09 Å². The topological polar surface area (TPSA) is 73.0 Å². The van der Waals surface area contributed by atoms with E-state index >= 15 is 0 Å². The second-order valence-corrected chi connectivity index (χ2v) is 7.27. The summed E-state index contributed by atoms with van der Waals surface area (Å²) < 4.78 is 22.0. The van der Waals surface area contributed by atoms with Crippen molar-refractivity contribution in [3.8, 4) is 17.2 Å². The molecular formula is C22H22N2O5. The molecule has 29 heavy (non-hydrogen) atoms. The maximum absolute atomic E-state index is 12.7. The summed E-state index contributed by atoms with van der Waals surface area (Å²) >= 11 is 0. The van der Waals surface area contributed by atoms with Gasteiger partial charge in [-0.15, -0.1) is 0 Å². The zero-order valence-electron chi connectivity index (χ0n) is 16.5. The fourth-order valence-corrected chi connectivity index (χ4v) is 4.58. The first-order chi connectivity index (χ1) is 14.2. The van der Waals surface area contributed by atoms with E-state index in [9.17, 15) is 4.79 Å². The fraction of sp³-hybridized carbons (Fsp3) is 0.318. The van der Waals surface area contributed by atoms with Gasteiger partial charge in [0, 0.05) is 16.6 Å². The number of amides is 1. The van der Waals surface area contributed by atoms with Crippen molar-refractivity contribution in [3.63, 3.8) is 0 Å². The number of cyclic esters (lactones) is 1. The normalized spacial score (nSPS) is 20.2. The van der Waals surface area contributed by atoms with Crippen LogP contribution in [-0.4, -0.2) is 50.0 Å². The summed E-state index contributed by atoms with van der Waals surface area (Å²) in [7, 11) is 4.75. The summed E-state index contributed by atoms with van der Waals surface area (Å²) in [6.45, 7) is 0.388. The molecule has 3 heterocycles. The Morgan fingerprint density at radius 3 is 2.48 bits per heavy atom. The highest BCUT2D eigenvalue weighted by Crippen LogP contribution is 2.47. The predicted molar refractivity (Wildman–Crippen MR) is 107 cm³/mol. The third-order valence-electron chi connectivity index (χ3n) is 5.84. The predicted octanol–water partition coefficient (Wildman–Crippen LogP) is 3.66. The van der Waals surface area contributed by atoms with Gasteiger partial charge in [-0.2, -0.15) is 0 Å². The van der Waals surface area contributed by atoms with Gasteiger partial charge in [0.05, 0.1) is 27.4 Å². The fourth-order valence-electron chi connectivity index (χ4n) is 4.58. The van der Waals surface area contributed by atoms with Crippen molar-refractivity contribution in [2.24, 2.45) is 0 Å². The van der Waals surface area contributed by atoms with Crippen LogP contribution in [0.1, 0.15) is 22.9 Å². The number of fused-ring (bicyclic) bond motifs is 4. The average Bonchev–Trinajstić information content (AvgIpc) is 3.31. The van der Waals surface area contributed by atoms with Crippen LogP contribution in [0, 0.1) is 0 Å². The van der Waals surface area contributed by atoms with Crippen LogP contribution in [-0.2, 0) is 11.2 Å². The van der Waals surface area contributed by atoms with E-state index < -0.39 is 0 Å². The summed E-state index contributed by atoms with van der Waals surface area (Å²) in [5.74, 6) is 1.62. The maximum Gasteiger partial charge on any atom is 0.411 e. The highest BCUT2D eigenvalue weighted by Gasteiger charge is 2.45. The molecule has 1 amide bonds. The third-order valence-corrected chi connectivity index (χ3v) is 5.84. The van der Waals surface area contributed by atoms with Gasteiger partial charge in [0.2, 0.25) is 5.75 Å². The number of methoxy groups -OCH3 is 3. The molecule has 2 aromatic carbocycles. The Balaban J connectivity index is 1.75. The van der Waals surface area contributed by atoms with E-state index in [0.29, 0.717) is 23.9 Å². The van der Waals surface area contributed by atoms with Crippen molar-refractivity contribution in [2.45, 2.75) is 18.5 Å². The smallest absolute Gasteiger partial charge is 0.411 e. The van der Waals surface area contributed by atoms with E-state index in [-0.39, 0.29) is 18.2 Å². The molecule has 2 aliphatic rings. The van der Waals surface area contributed by atoms with Crippen molar-refractivity contribution in [1.29, 1.82) is 0 Å². The summed E-state index contributed by atoms with van der Waals surface area (Å²) in [5, 5.41) is 1.18. The van der Waals surface area contributed by atoms with Gasteiger partial charge in [-0.25, -0.2) is 4.79 Å². The third kappa shape index (κ3) is 2.53. The summed E-state index contributed by atoms with van der Waals surface area (Å²) in [6, 6.07) is 11.7. The van der Waals surface area contributed by atoms with Gasteiger partial charge in [0.25, 0.3) is 0 Å². The lowest BCUT2D eigenvalue weighted by Crippen LogP contribution is -2.42. The van der Waals surface area contributed by atoms with Crippen LogP contribution in [0.15, 0.2) is 36.4 Å². The standard InChI is InChI=1S/C22H22N2O5/c1-26-17-8-12(9-18(27-2)21(17)28-3)20-19-15(10-13-11-29-22(25)24(13)20)14-6-4-5-7-16(14)23-19/h4-9,13,20,23H,10-11H2,1-3H3/t13-,20+/m0/s1. The molecule has 2 atom stereocenters. The lowest BCUT2D eigenvalue weighted by molar-refractivity contribution is 0.147. The summed E-state index contributed by atoms with van der Waals surface area (Å²) in [4.78, 5) is 18.0. The molecule has 0 aliphatic carbocycles. The average molecular weight is 394 g/mol. The number of aromatic amines is 1. The molecule has 3 aromatic rings. The molecule has 1 N–H and O–H groups in total. The monoisotopic (exact) mass is 394 g/mol. The number of hydrogen-bond donors (Lipinski definition) is 1. The van der Waals surface area contributed by atoms with Gasteiger partial charge in [-0.3, -0.25) is 4.90 Å². The highest BCUT2D eigenvalue weighted by molar-refractivity contribution is 5.86.